The molecule has 0 aliphatic heterocycles. The van der Waals surface area contributed by atoms with Crippen molar-refractivity contribution in [3.63, 3.8) is 0 Å². The van der Waals surface area contributed by atoms with Gasteiger partial charge >= 0.3 is 11.2 Å². The van der Waals surface area contributed by atoms with Crippen molar-refractivity contribution in [1.29, 1.82) is 0 Å². The van der Waals surface area contributed by atoms with Gasteiger partial charge < -0.3 is 14.4 Å². The summed E-state index contributed by atoms with van der Waals surface area (Å²) in [6, 6.07) is 0. The highest BCUT2D eigenvalue weighted by Gasteiger charge is 2.48. The monoisotopic (exact) mass is 347 g/mol. The number of carbonyl (C=O) groups excluding carboxylic acids is 1. The molecule has 1 fully saturated rings. The largest absolute Gasteiger partial charge is 0.743 e. The van der Waals surface area contributed by atoms with Gasteiger partial charge in [-0.15, -0.1) is 0 Å². The maximum absolute atomic E-state index is 13.1. The second-order valence-corrected chi connectivity index (χ2v) is 7.34. The lowest BCUT2D eigenvalue weighted by atomic mass is 9.66. The molecule has 130 valence electrons. The van der Waals surface area contributed by atoms with Crippen molar-refractivity contribution in [1.82, 2.24) is 0 Å². The molecule has 0 radical (unpaired) electrons. The lowest BCUT2D eigenvalue weighted by Crippen LogP contribution is -2.47. The number of alkyl halides is 3. The van der Waals surface area contributed by atoms with E-state index < -0.39 is 52.1 Å². The van der Waals surface area contributed by atoms with Gasteiger partial charge in [0.2, 0.25) is 0 Å². The van der Waals surface area contributed by atoms with Crippen LogP contribution in [0.3, 0.4) is 0 Å². The summed E-state index contributed by atoms with van der Waals surface area (Å²) in [4.78, 5) is 11.7. The average Bonchev–Trinajstić information content (AvgIpc) is 2.22. The first-order chi connectivity index (χ1) is 9.78. The van der Waals surface area contributed by atoms with Gasteiger partial charge in [0.1, 0.15) is 0 Å². The van der Waals surface area contributed by atoms with Crippen molar-refractivity contribution in [2.24, 2.45) is 11.8 Å². The Labute approximate surface area is 126 Å². The summed E-state index contributed by atoms with van der Waals surface area (Å²) < 4.78 is 74.1. The summed E-state index contributed by atoms with van der Waals surface area (Å²) >= 11 is 0. The third-order valence-electron chi connectivity index (χ3n) is 3.80. The molecule has 1 aliphatic rings. The number of hydrogen-bond acceptors (Lipinski definition) is 6. The molecule has 0 aromatic carbocycles. The van der Waals surface area contributed by atoms with Crippen LogP contribution >= 0.6 is 0 Å². The highest BCUT2D eigenvalue weighted by molar-refractivity contribution is 7.86. The van der Waals surface area contributed by atoms with Crippen molar-refractivity contribution in [2.75, 3.05) is 6.61 Å². The number of rotatable bonds is 7. The Morgan fingerprint density at radius 1 is 1.41 bits per heavy atom. The van der Waals surface area contributed by atoms with Crippen LogP contribution in [0.15, 0.2) is 0 Å². The summed E-state index contributed by atoms with van der Waals surface area (Å²) in [5, 5.41) is 4.73. The smallest absolute Gasteiger partial charge is 0.364 e. The quantitative estimate of drug-likeness (QED) is 0.548. The SMILES string of the molecule is CC(C)(O)C1CCC1C(=O)OCCC(F)C(F)(F)S(=O)(=O)[O-]. The molecule has 3 unspecified atom stereocenters. The number of ether oxygens (including phenoxy) is 1. The van der Waals surface area contributed by atoms with Crippen LogP contribution in [0.1, 0.15) is 33.1 Å². The van der Waals surface area contributed by atoms with Gasteiger partial charge in [-0.3, -0.25) is 4.79 Å². The van der Waals surface area contributed by atoms with Gasteiger partial charge in [0.15, 0.2) is 16.3 Å². The lowest BCUT2D eigenvalue weighted by molar-refractivity contribution is -0.163. The molecule has 6 nitrogen and oxygen atoms in total. The molecule has 1 N–H and O–H groups in total. The van der Waals surface area contributed by atoms with Gasteiger partial charge in [-0.05, 0) is 26.7 Å². The second-order valence-electron chi connectivity index (χ2n) is 5.88. The molecule has 0 bridgehead atoms. The normalized spacial score (nSPS) is 24.5. The molecule has 0 spiro atoms. The Balaban J connectivity index is 2.47. The van der Waals surface area contributed by atoms with Gasteiger partial charge in [0.05, 0.1) is 18.1 Å². The average molecular weight is 347 g/mol. The second kappa shape index (κ2) is 6.32. The molecule has 1 saturated carbocycles. The van der Waals surface area contributed by atoms with Crippen molar-refractivity contribution >= 4 is 16.1 Å². The van der Waals surface area contributed by atoms with Crippen LogP contribution in [-0.4, -0.2) is 47.7 Å². The molecule has 1 aliphatic carbocycles. The van der Waals surface area contributed by atoms with Crippen LogP contribution in [0.25, 0.3) is 0 Å². The van der Waals surface area contributed by atoms with Crippen molar-refractivity contribution in [2.45, 2.75) is 50.1 Å². The molecule has 0 saturated heterocycles. The topological polar surface area (TPSA) is 104 Å². The third-order valence-corrected chi connectivity index (χ3v) is 4.72. The van der Waals surface area contributed by atoms with E-state index in [9.17, 15) is 36.0 Å². The van der Waals surface area contributed by atoms with Crippen LogP contribution in [-0.2, 0) is 19.6 Å². The molecule has 22 heavy (non-hydrogen) atoms. The van der Waals surface area contributed by atoms with E-state index in [0.29, 0.717) is 12.8 Å². The predicted octanol–water partition coefficient (Wildman–Crippen LogP) is 1.19. The Bertz CT molecular complexity index is 513. The zero-order chi connectivity index (χ0) is 17.3. The first-order valence-electron chi connectivity index (χ1n) is 6.64. The maximum Gasteiger partial charge on any atom is 0.364 e. The fourth-order valence-electron chi connectivity index (χ4n) is 2.32. The van der Waals surface area contributed by atoms with Crippen molar-refractivity contribution in [3.8, 4) is 0 Å². The van der Waals surface area contributed by atoms with Crippen LogP contribution in [0, 0.1) is 11.8 Å². The number of halogens is 3. The number of aliphatic hydroxyl groups is 1. The molecule has 0 aromatic heterocycles. The van der Waals surface area contributed by atoms with Gasteiger partial charge in [0, 0.05) is 12.3 Å². The fourth-order valence-corrected chi connectivity index (χ4v) is 2.75. The molecule has 1 rings (SSSR count). The maximum atomic E-state index is 13.1. The first-order valence-corrected chi connectivity index (χ1v) is 8.05. The van der Waals surface area contributed by atoms with E-state index in [1.54, 1.807) is 0 Å². The summed E-state index contributed by atoms with van der Waals surface area (Å²) in [5.74, 6) is -1.72. The van der Waals surface area contributed by atoms with E-state index in [1.165, 1.54) is 13.8 Å². The number of esters is 1. The molecule has 0 aromatic rings. The summed E-state index contributed by atoms with van der Waals surface area (Å²) in [7, 11) is -6.12. The van der Waals surface area contributed by atoms with Gasteiger partial charge in [0.25, 0.3) is 0 Å². The molecular formula is C12H18F3O6S-. The van der Waals surface area contributed by atoms with E-state index in [4.69, 9.17) is 0 Å². The predicted molar refractivity (Wildman–Crippen MR) is 67.6 cm³/mol. The highest BCUT2D eigenvalue weighted by atomic mass is 32.2. The Morgan fingerprint density at radius 3 is 2.32 bits per heavy atom. The first kappa shape index (κ1) is 19.2. The minimum atomic E-state index is -6.12. The van der Waals surface area contributed by atoms with Crippen LogP contribution < -0.4 is 0 Å². The minimum absolute atomic E-state index is 0.343. The van der Waals surface area contributed by atoms with Gasteiger partial charge in [-0.25, -0.2) is 12.8 Å². The Hall–Kier alpha value is -0.870. The minimum Gasteiger partial charge on any atom is -0.743 e. The van der Waals surface area contributed by atoms with E-state index in [-0.39, 0.29) is 5.92 Å². The van der Waals surface area contributed by atoms with E-state index >= 15 is 0 Å². The van der Waals surface area contributed by atoms with E-state index in [2.05, 4.69) is 4.74 Å². The van der Waals surface area contributed by atoms with Crippen LogP contribution in [0.2, 0.25) is 0 Å². The van der Waals surface area contributed by atoms with E-state index in [0.717, 1.165) is 0 Å². The number of carbonyl (C=O) groups is 1. The summed E-state index contributed by atoms with van der Waals surface area (Å²) in [6.45, 7) is 2.27. The Kier molecular flexibility index (Phi) is 5.51. The molecule has 10 heteroatoms. The van der Waals surface area contributed by atoms with Crippen LogP contribution in [0.5, 0.6) is 0 Å². The highest BCUT2D eigenvalue weighted by Crippen LogP contribution is 2.42. The van der Waals surface area contributed by atoms with Crippen molar-refractivity contribution < 1.29 is 40.8 Å². The van der Waals surface area contributed by atoms with Crippen LogP contribution in [0.4, 0.5) is 13.2 Å². The molecular weight excluding hydrogens is 329 g/mol. The molecule has 0 amide bonds. The van der Waals surface area contributed by atoms with Gasteiger partial charge in [-0.1, -0.05) is 0 Å². The summed E-state index contributed by atoms with van der Waals surface area (Å²) in [5.41, 5.74) is -1.10. The fraction of sp³-hybridized carbons (Fsp3) is 0.917. The zero-order valence-electron chi connectivity index (χ0n) is 12.1. The summed E-state index contributed by atoms with van der Waals surface area (Å²) in [6.07, 6.45) is -3.31. The number of hydrogen-bond donors (Lipinski definition) is 1. The van der Waals surface area contributed by atoms with Gasteiger partial charge in [-0.2, -0.15) is 8.78 Å². The Morgan fingerprint density at radius 2 is 1.95 bits per heavy atom. The van der Waals surface area contributed by atoms with Crippen molar-refractivity contribution in [3.05, 3.63) is 0 Å². The zero-order valence-corrected chi connectivity index (χ0v) is 12.9. The molecule has 3 atom stereocenters. The third kappa shape index (κ3) is 4.11. The lowest BCUT2D eigenvalue weighted by Gasteiger charge is -2.42. The molecule has 0 heterocycles. The standard InChI is InChI=1S/C12H19F3O6S/c1-11(2,17)8-4-3-7(8)10(16)21-6-5-9(13)12(14,15)22(18,19)20/h7-9,17H,3-6H2,1-2H3,(H,18,19,20)/p-1. The van der Waals surface area contributed by atoms with E-state index in [1.807, 2.05) is 0 Å².